The van der Waals surface area contributed by atoms with Gasteiger partial charge in [-0.15, -0.1) is 0 Å². The third-order valence-corrected chi connectivity index (χ3v) is 5.36. The predicted octanol–water partition coefficient (Wildman–Crippen LogP) is 1.64. The number of ketones is 1. The Morgan fingerprint density at radius 1 is 1.28 bits per heavy atom. The lowest BCUT2D eigenvalue weighted by molar-refractivity contribution is -0.145. The van der Waals surface area contributed by atoms with Crippen molar-refractivity contribution in [1.82, 2.24) is 4.90 Å². The molecule has 156 valence electrons. The van der Waals surface area contributed by atoms with E-state index in [1.54, 1.807) is 24.0 Å². The smallest absolute Gasteiger partial charge is 0.522 e. The van der Waals surface area contributed by atoms with E-state index in [-0.39, 0.29) is 53.1 Å². The molecular formula is C20H26BNO7. The summed E-state index contributed by atoms with van der Waals surface area (Å²) in [5, 5.41) is 19.3. The SMILES string of the molecule is CC(C)C(=O)C[C@@H](C)C(=O)N1CC(Oc2ccc3c(c2C(=O)O)OB(O)CC3)C1. The molecule has 0 radical (unpaired) electrons. The minimum absolute atomic E-state index is 0.0570. The molecule has 29 heavy (non-hydrogen) atoms. The van der Waals surface area contributed by atoms with E-state index in [0.29, 0.717) is 31.4 Å². The standard InChI is InChI=1S/C20H26BNO7/c1-11(2)15(23)8-12(3)19(24)22-9-14(10-22)28-16-5-4-13-6-7-21(27)29-18(13)17(16)20(25)26/h4-5,11-12,14,27H,6-10H2,1-3H3,(H,25,26)/t12-/m1/s1. The second-order valence-corrected chi connectivity index (χ2v) is 8.05. The summed E-state index contributed by atoms with van der Waals surface area (Å²) in [7, 11) is -1.04. The zero-order chi connectivity index (χ0) is 21.3. The number of aromatic carboxylic acids is 1. The van der Waals surface area contributed by atoms with E-state index in [9.17, 15) is 24.5 Å². The number of hydrogen-bond donors (Lipinski definition) is 2. The number of benzene rings is 1. The lowest BCUT2D eigenvalue weighted by Gasteiger charge is -2.40. The summed E-state index contributed by atoms with van der Waals surface area (Å²) in [4.78, 5) is 37.7. The van der Waals surface area contributed by atoms with Crippen LogP contribution in [0.15, 0.2) is 12.1 Å². The van der Waals surface area contributed by atoms with E-state index in [1.165, 1.54) is 0 Å². The molecule has 1 atom stereocenters. The zero-order valence-electron chi connectivity index (χ0n) is 16.9. The number of carboxylic acid groups (broad SMARTS) is 1. The molecule has 1 fully saturated rings. The van der Waals surface area contributed by atoms with Crippen molar-refractivity contribution < 1.29 is 33.9 Å². The average molecular weight is 403 g/mol. The number of likely N-dealkylation sites (tertiary alicyclic amines) is 1. The van der Waals surface area contributed by atoms with Gasteiger partial charge in [0, 0.05) is 18.3 Å². The lowest BCUT2D eigenvalue weighted by Crippen LogP contribution is -2.57. The Bertz CT molecular complexity index is 819. The highest BCUT2D eigenvalue weighted by molar-refractivity contribution is 6.44. The molecule has 0 unspecified atom stereocenters. The van der Waals surface area contributed by atoms with Crippen LogP contribution in [0.5, 0.6) is 11.5 Å². The van der Waals surface area contributed by atoms with Gasteiger partial charge in [0.1, 0.15) is 28.9 Å². The van der Waals surface area contributed by atoms with E-state index in [1.807, 2.05) is 13.8 Å². The van der Waals surface area contributed by atoms with Gasteiger partial charge in [0.25, 0.3) is 0 Å². The van der Waals surface area contributed by atoms with Gasteiger partial charge in [-0.25, -0.2) is 4.79 Å². The van der Waals surface area contributed by atoms with Crippen LogP contribution in [0.1, 0.15) is 43.1 Å². The van der Waals surface area contributed by atoms with Gasteiger partial charge in [-0.2, -0.15) is 0 Å². The van der Waals surface area contributed by atoms with Crippen molar-refractivity contribution in [3.05, 3.63) is 23.3 Å². The highest BCUT2D eigenvalue weighted by Gasteiger charge is 2.37. The van der Waals surface area contributed by atoms with Crippen molar-refractivity contribution in [2.75, 3.05) is 13.1 Å². The fourth-order valence-electron chi connectivity index (χ4n) is 3.52. The first-order valence-electron chi connectivity index (χ1n) is 9.89. The molecule has 1 saturated heterocycles. The largest absolute Gasteiger partial charge is 0.535 e. The van der Waals surface area contributed by atoms with Crippen molar-refractivity contribution in [3.8, 4) is 11.5 Å². The average Bonchev–Trinajstić information content (AvgIpc) is 2.62. The monoisotopic (exact) mass is 403 g/mol. The maximum absolute atomic E-state index is 12.5. The third-order valence-electron chi connectivity index (χ3n) is 5.36. The van der Waals surface area contributed by atoms with Crippen LogP contribution in [0.4, 0.5) is 0 Å². The Hall–Kier alpha value is -2.55. The quantitative estimate of drug-likeness (QED) is 0.666. The van der Waals surface area contributed by atoms with Gasteiger partial charge >= 0.3 is 13.1 Å². The van der Waals surface area contributed by atoms with Crippen LogP contribution in [-0.4, -0.2) is 59.0 Å². The maximum atomic E-state index is 12.5. The molecular weight excluding hydrogens is 377 g/mol. The summed E-state index contributed by atoms with van der Waals surface area (Å²) < 4.78 is 11.2. The molecule has 2 aliphatic rings. The molecule has 1 aromatic rings. The molecule has 8 nitrogen and oxygen atoms in total. The maximum Gasteiger partial charge on any atom is 0.522 e. The third kappa shape index (κ3) is 4.55. The molecule has 3 rings (SSSR count). The van der Waals surface area contributed by atoms with Crippen molar-refractivity contribution >= 4 is 24.8 Å². The van der Waals surface area contributed by atoms with E-state index in [0.717, 1.165) is 0 Å². The first-order chi connectivity index (χ1) is 13.7. The number of carboxylic acids is 1. The zero-order valence-corrected chi connectivity index (χ0v) is 16.9. The number of Topliss-reactive ketones (excluding diaryl/α,β-unsaturated/α-hetero) is 1. The van der Waals surface area contributed by atoms with Crippen LogP contribution in [0.3, 0.4) is 0 Å². The molecule has 0 aromatic heterocycles. The van der Waals surface area contributed by atoms with Crippen LogP contribution < -0.4 is 9.39 Å². The van der Waals surface area contributed by atoms with Crippen molar-refractivity contribution in [1.29, 1.82) is 0 Å². The first kappa shape index (κ1) is 21.2. The van der Waals surface area contributed by atoms with Gasteiger partial charge in [0.2, 0.25) is 5.91 Å². The number of carbonyl (C=O) groups excluding carboxylic acids is 2. The predicted molar refractivity (Wildman–Crippen MR) is 105 cm³/mol. The highest BCUT2D eigenvalue weighted by Crippen LogP contribution is 2.37. The second-order valence-electron chi connectivity index (χ2n) is 8.05. The normalized spacial score (nSPS) is 17.3. The molecule has 2 heterocycles. The van der Waals surface area contributed by atoms with Crippen LogP contribution in [-0.2, 0) is 16.0 Å². The number of aryl methyl sites for hydroxylation is 1. The Kier molecular flexibility index (Phi) is 6.17. The lowest BCUT2D eigenvalue weighted by atomic mass is 9.78. The topological polar surface area (TPSA) is 113 Å². The number of hydrogen-bond acceptors (Lipinski definition) is 6. The Morgan fingerprint density at radius 3 is 2.59 bits per heavy atom. The van der Waals surface area contributed by atoms with Gasteiger partial charge in [-0.1, -0.05) is 26.8 Å². The molecule has 0 spiro atoms. The Labute approximate surface area is 169 Å². The highest BCUT2D eigenvalue weighted by atomic mass is 16.5. The van der Waals surface area contributed by atoms with E-state index in [4.69, 9.17) is 9.39 Å². The van der Waals surface area contributed by atoms with Crippen molar-refractivity contribution in [2.24, 2.45) is 11.8 Å². The fourth-order valence-corrected chi connectivity index (χ4v) is 3.52. The van der Waals surface area contributed by atoms with Crippen LogP contribution in [0.2, 0.25) is 6.32 Å². The molecule has 2 aliphatic heterocycles. The number of nitrogens with zero attached hydrogens (tertiary/aromatic N) is 1. The molecule has 0 bridgehead atoms. The van der Waals surface area contributed by atoms with Gasteiger partial charge in [0.15, 0.2) is 0 Å². The number of carbonyl (C=O) groups is 3. The van der Waals surface area contributed by atoms with Crippen LogP contribution in [0, 0.1) is 11.8 Å². The van der Waals surface area contributed by atoms with Gasteiger partial charge in [-0.05, 0) is 24.4 Å². The number of fused-ring (bicyclic) bond motifs is 1. The first-order valence-corrected chi connectivity index (χ1v) is 9.89. The van der Waals surface area contributed by atoms with Crippen LogP contribution >= 0.6 is 0 Å². The minimum atomic E-state index is -1.20. The van der Waals surface area contributed by atoms with Crippen molar-refractivity contribution in [3.63, 3.8) is 0 Å². The Morgan fingerprint density at radius 2 is 1.97 bits per heavy atom. The molecule has 0 saturated carbocycles. The number of amides is 1. The van der Waals surface area contributed by atoms with E-state index in [2.05, 4.69) is 0 Å². The number of ether oxygens (including phenoxy) is 1. The van der Waals surface area contributed by atoms with Crippen LogP contribution in [0.25, 0.3) is 0 Å². The van der Waals surface area contributed by atoms with E-state index < -0.39 is 13.1 Å². The summed E-state index contributed by atoms with van der Waals surface area (Å²) in [6, 6.07) is 3.34. The molecule has 1 amide bonds. The van der Waals surface area contributed by atoms with Gasteiger partial charge in [0.05, 0.1) is 13.1 Å². The van der Waals surface area contributed by atoms with Gasteiger partial charge in [-0.3, -0.25) is 9.59 Å². The minimum Gasteiger partial charge on any atom is -0.535 e. The number of rotatable bonds is 7. The summed E-state index contributed by atoms with van der Waals surface area (Å²) in [5.41, 5.74) is 0.607. The van der Waals surface area contributed by atoms with Crippen molar-refractivity contribution in [2.45, 2.75) is 46.0 Å². The second kappa shape index (κ2) is 8.45. The molecule has 0 aliphatic carbocycles. The summed E-state index contributed by atoms with van der Waals surface area (Å²) in [6.45, 7) is 6.03. The summed E-state index contributed by atoms with van der Waals surface area (Å²) in [6.07, 6.45) is 0.808. The summed E-state index contributed by atoms with van der Waals surface area (Å²) in [5.74, 6) is -1.43. The van der Waals surface area contributed by atoms with Gasteiger partial charge < -0.3 is 24.4 Å². The summed E-state index contributed by atoms with van der Waals surface area (Å²) >= 11 is 0. The molecule has 1 aromatic carbocycles. The Balaban J connectivity index is 1.63. The molecule has 9 heteroatoms. The van der Waals surface area contributed by atoms with E-state index >= 15 is 0 Å². The fraction of sp³-hybridized carbons (Fsp3) is 0.550. The molecule has 2 N–H and O–H groups in total.